The number of urea groups is 1. The molecule has 0 saturated carbocycles. The van der Waals surface area contributed by atoms with Gasteiger partial charge in [-0.3, -0.25) is 0 Å². The number of likely N-dealkylation sites (tertiary alicyclic amines) is 1. The van der Waals surface area contributed by atoms with Crippen LogP contribution in [0.15, 0.2) is 18.2 Å². The van der Waals surface area contributed by atoms with Crippen LogP contribution in [0, 0.1) is 0 Å². The van der Waals surface area contributed by atoms with E-state index >= 15 is 0 Å². The first kappa shape index (κ1) is 16.4. The summed E-state index contributed by atoms with van der Waals surface area (Å²) in [7, 11) is 0. The molecule has 2 saturated heterocycles. The first-order chi connectivity index (χ1) is 11.2. The predicted octanol–water partition coefficient (Wildman–Crippen LogP) is 4.74. The molecule has 5 heteroatoms. The van der Waals surface area contributed by atoms with E-state index in [1.54, 1.807) is 0 Å². The lowest BCUT2D eigenvalue weighted by Crippen LogP contribution is -2.35. The number of hydrogen-bond donors (Lipinski definition) is 1. The summed E-state index contributed by atoms with van der Waals surface area (Å²) >= 11 is 6.45. The third-order valence-electron chi connectivity index (χ3n) is 4.79. The van der Waals surface area contributed by atoms with Crippen LogP contribution < -0.4 is 10.2 Å². The van der Waals surface area contributed by atoms with E-state index in [2.05, 4.69) is 10.2 Å². The Balaban J connectivity index is 1.63. The van der Waals surface area contributed by atoms with E-state index in [9.17, 15) is 4.79 Å². The number of anilines is 2. The highest BCUT2D eigenvalue weighted by molar-refractivity contribution is 6.33. The molecule has 4 nitrogen and oxygen atoms in total. The fraction of sp³-hybridized carbons (Fsp3) is 0.611. The maximum atomic E-state index is 12.4. The average molecular weight is 336 g/mol. The average Bonchev–Trinajstić information content (AvgIpc) is 2.85. The van der Waals surface area contributed by atoms with Crippen molar-refractivity contribution < 1.29 is 4.79 Å². The molecule has 0 aromatic heterocycles. The van der Waals surface area contributed by atoms with E-state index in [4.69, 9.17) is 11.6 Å². The molecule has 0 radical (unpaired) electrons. The summed E-state index contributed by atoms with van der Waals surface area (Å²) in [6.45, 7) is 3.84. The fourth-order valence-electron chi connectivity index (χ4n) is 3.45. The Morgan fingerprint density at radius 1 is 0.913 bits per heavy atom. The summed E-state index contributed by atoms with van der Waals surface area (Å²) in [4.78, 5) is 16.6. The molecule has 23 heavy (non-hydrogen) atoms. The number of hydrogen-bond acceptors (Lipinski definition) is 2. The number of rotatable bonds is 2. The van der Waals surface area contributed by atoms with Crippen molar-refractivity contribution in [1.82, 2.24) is 4.90 Å². The number of amides is 2. The molecule has 1 aromatic rings. The van der Waals surface area contributed by atoms with Gasteiger partial charge in [0, 0.05) is 31.9 Å². The topological polar surface area (TPSA) is 35.6 Å². The summed E-state index contributed by atoms with van der Waals surface area (Å²) in [5.41, 5.74) is 1.86. The highest BCUT2D eigenvalue weighted by Crippen LogP contribution is 2.31. The Kier molecular flexibility index (Phi) is 5.65. The third kappa shape index (κ3) is 4.31. The molecule has 0 unspecified atom stereocenters. The minimum Gasteiger partial charge on any atom is -0.370 e. The van der Waals surface area contributed by atoms with Crippen LogP contribution in [0.25, 0.3) is 0 Å². The van der Waals surface area contributed by atoms with Gasteiger partial charge in [0.15, 0.2) is 0 Å². The summed E-state index contributed by atoms with van der Waals surface area (Å²) in [5.74, 6) is 0. The van der Waals surface area contributed by atoms with Crippen molar-refractivity contribution in [2.24, 2.45) is 0 Å². The largest absolute Gasteiger partial charge is 0.370 e. The second kappa shape index (κ2) is 7.91. The molecule has 2 heterocycles. The van der Waals surface area contributed by atoms with Gasteiger partial charge in [-0.15, -0.1) is 0 Å². The lowest BCUT2D eigenvalue weighted by molar-refractivity contribution is 0.214. The second-order valence-corrected chi connectivity index (χ2v) is 6.95. The highest BCUT2D eigenvalue weighted by atomic mass is 35.5. The predicted molar refractivity (Wildman–Crippen MR) is 96.6 cm³/mol. The smallest absolute Gasteiger partial charge is 0.321 e. The lowest BCUT2D eigenvalue weighted by atomic mass is 10.1. The maximum absolute atomic E-state index is 12.4. The third-order valence-corrected chi connectivity index (χ3v) is 5.09. The SMILES string of the molecule is O=C(Nc1ccc(N2CCCCC2)c(Cl)c1)N1CCCCCC1. The van der Waals surface area contributed by atoms with Crippen LogP contribution in [0.1, 0.15) is 44.9 Å². The molecular formula is C18H26ClN3O. The molecule has 1 N–H and O–H groups in total. The van der Waals surface area contributed by atoms with Gasteiger partial charge in [-0.2, -0.15) is 0 Å². The minimum atomic E-state index is -0.00584. The molecule has 0 spiro atoms. The molecular weight excluding hydrogens is 310 g/mol. The van der Waals surface area contributed by atoms with Gasteiger partial charge in [-0.25, -0.2) is 4.79 Å². The van der Waals surface area contributed by atoms with Crippen molar-refractivity contribution in [2.75, 3.05) is 36.4 Å². The van der Waals surface area contributed by atoms with Gasteiger partial charge in [-0.05, 0) is 50.3 Å². The van der Waals surface area contributed by atoms with Crippen molar-refractivity contribution >= 4 is 29.0 Å². The molecule has 2 fully saturated rings. The van der Waals surface area contributed by atoms with Gasteiger partial charge in [0.2, 0.25) is 0 Å². The number of nitrogens with one attached hydrogen (secondary N) is 1. The van der Waals surface area contributed by atoms with E-state index in [1.807, 2.05) is 23.1 Å². The van der Waals surface area contributed by atoms with Crippen molar-refractivity contribution in [3.8, 4) is 0 Å². The molecule has 0 bridgehead atoms. The second-order valence-electron chi connectivity index (χ2n) is 6.55. The van der Waals surface area contributed by atoms with Crippen molar-refractivity contribution in [3.63, 3.8) is 0 Å². The monoisotopic (exact) mass is 335 g/mol. The summed E-state index contributed by atoms with van der Waals surface area (Å²) in [6, 6.07) is 5.87. The Morgan fingerprint density at radius 3 is 2.17 bits per heavy atom. The lowest BCUT2D eigenvalue weighted by Gasteiger charge is -2.29. The van der Waals surface area contributed by atoms with Crippen LogP contribution in [0.2, 0.25) is 5.02 Å². The van der Waals surface area contributed by atoms with Crippen LogP contribution in [0.4, 0.5) is 16.2 Å². The molecule has 0 aliphatic carbocycles. The van der Waals surface area contributed by atoms with E-state index in [-0.39, 0.29) is 6.03 Å². The molecule has 126 valence electrons. The Hall–Kier alpha value is -1.42. The van der Waals surface area contributed by atoms with Crippen LogP contribution in [0.5, 0.6) is 0 Å². The van der Waals surface area contributed by atoms with Gasteiger partial charge in [0.1, 0.15) is 0 Å². The zero-order chi connectivity index (χ0) is 16.1. The van der Waals surface area contributed by atoms with E-state index in [0.29, 0.717) is 0 Å². The van der Waals surface area contributed by atoms with Crippen molar-refractivity contribution in [2.45, 2.75) is 44.9 Å². The zero-order valence-electron chi connectivity index (χ0n) is 13.7. The minimum absolute atomic E-state index is 0.00584. The van der Waals surface area contributed by atoms with Gasteiger partial charge in [0.05, 0.1) is 10.7 Å². The standard InChI is InChI=1S/C18H26ClN3O/c19-16-14-15(8-9-17(16)21-10-6-3-7-11-21)20-18(23)22-12-4-1-2-5-13-22/h8-9,14H,1-7,10-13H2,(H,20,23). The van der Waals surface area contributed by atoms with Crippen LogP contribution >= 0.6 is 11.6 Å². The van der Waals surface area contributed by atoms with E-state index in [0.717, 1.165) is 55.4 Å². The van der Waals surface area contributed by atoms with E-state index in [1.165, 1.54) is 32.1 Å². The zero-order valence-corrected chi connectivity index (χ0v) is 14.4. The highest BCUT2D eigenvalue weighted by Gasteiger charge is 2.17. The van der Waals surface area contributed by atoms with Crippen LogP contribution in [-0.2, 0) is 0 Å². The van der Waals surface area contributed by atoms with Crippen molar-refractivity contribution in [1.29, 1.82) is 0 Å². The van der Waals surface area contributed by atoms with Gasteiger partial charge in [-0.1, -0.05) is 24.4 Å². The van der Waals surface area contributed by atoms with E-state index < -0.39 is 0 Å². The number of piperidine rings is 1. The normalized spacial score (nSPS) is 19.3. The summed E-state index contributed by atoms with van der Waals surface area (Å²) in [5, 5.41) is 3.72. The molecule has 0 atom stereocenters. The van der Waals surface area contributed by atoms with Crippen LogP contribution in [-0.4, -0.2) is 37.1 Å². The molecule has 2 amide bonds. The van der Waals surface area contributed by atoms with Crippen molar-refractivity contribution in [3.05, 3.63) is 23.2 Å². The first-order valence-corrected chi connectivity index (χ1v) is 9.22. The number of carbonyl (C=O) groups is 1. The van der Waals surface area contributed by atoms with Gasteiger partial charge < -0.3 is 15.1 Å². The summed E-state index contributed by atoms with van der Waals surface area (Å²) < 4.78 is 0. The molecule has 1 aromatic carbocycles. The Morgan fingerprint density at radius 2 is 1.52 bits per heavy atom. The molecule has 3 rings (SSSR count). The first-order valence-electron chi connectivity index (χ1n) is 8.84. The molecule has 2 aliphatic rings. The quantitative estimate of drug-likeness (QED) is 0.847. The number of nitrogens with zero attached hydrogens (tertiary/aromatic N) is 2. The maximum Gasteiger partial charge on any atom is 0.321 e. The number of halogens is 1. The van der Waals surface area contributed by atoms with Gasteiger partial charge in [0.25, 0.3) is 0 Å². The Labute approximate surface area is 143 Å². The Bertz CT molecular complexity index is 535. The number of benzene rings is 1. The fourth-order valence-corrected chi connectivity index (χ4v) is 3.75. The molecule has 2 aliphatic heterocycles. The summed E-state index contributed by atoms with van der Waals surface area (Å²) in [6.07, 6.45) is 8.40. The van der Waals surface area contributed by atoms with Crippen LogP contribution in [0.3, 0.4) is 0 Å². The number of carbonyl (C=O) groups excluding carboxylic acids is 1. The van der Waals surface area contributed by atoms with Gasteiger partial charge >= 0.3 is 6.03 Å².